The van der Waals surface area contributed by atoms with Crippen LogP contribution in [0.25, 0.3) is 0 Å². The number of hydrogen-bond acceptors (Lipinski definition) is 2. The summed E-state index contributed by atoms with van der Waals surface area (Å²) in [6.07, 6.45) is 14.1. The third-order valence-electron chi connectivity index (χ3n) is 5.86. The van der Waals surface area contributed by atoms with Gasteiger partial charge in [-0.3, -0.25) is 0 Å². The average molecular weight is 259 g/mol. The van der Waals surface area contributed by atoms with Crippen LogP contribution >= 0.6 is 0 Å². The molecule has 3 heteroatoms. The first kappa shape index (κ1) is 12.0. The van der Waals surface area contributed by atoms with Gasteiger partial charge in [-0.25, -0.2) is 4.98 Å². The van der Waals surface area contributed by atoms with Crippen LogP contribution < -0.4 is 5.32 Å². The third kappa shape index (κ3) is 1.85. The maximum Gasteiger partial charge on any atom is 0.0953 e. The summed E-state index contributed by atoms with van der Waals surface area (Å²) in [6, 6.07) is 0. The molecule has 4 aliphatic rings. The summed E-state index contributed by atoms with van der Waals surface area (Å²) >= 11 is 0. The molecule has 4 saturated carbocycles. The maximum absolute atomic E-state index is 4.47. The first-order valence-corrected chi connectivity index (χ1v) is 7.95. The highest BCUT2D eigenvalue weighted by Gasteiger charge is 2.52. The SMILES string of the molecule is CNCCc1cncn1C12CC3CC(CC(C3)C1)C2. The van der Waals surface area contributed by atoms with Gasteiger partial charge < -0.3 is 9.88 Å². The van der Waals surface area contributed by atoms with Gasteiger partial charge in [-0.15, -0.1) is 0 Å². The lowest BCUT2D eigenvalue weighted by Gasteiger charge is -2.57. The molecule has 0 amide bonds. The lowest BCUT2D eigenvalue weighted by molar-refractivity contribution is -0.0443. The highest BCUT2D eigenvalue weighted by molar-refractivity contribution is 5.11. The first-order chi connectivity index (χ1) is 9.29. The zero-order valence-electron chi connectivity index (χ0n) is 11.9. The molecule has 0 aromatic carbocycles. The normalized spacial score (nSPS) is 39.9. The van der Waals surface area contributed by atoms with Crippen molar-refractivity contribution in [3.63, 3.8) is 0 Å². The number of rotatable bonds is 4. The molecule has 104 valence electrons. The van der Waals surface area contributed by atoms with Gasteiger partial charge >= 0.3 is 0 Å². The molecule has 19 heavy (non-hydrogen) atoms. The van der Waals surface area contributed by atoms with Crippen molar-refractivity contribution >= 4 is 0 Å². The van der Waals surface area contributed by atoms with Gasteiger partial charge in [0.25, 0.3) is 0 Å². The van der Waals surface area contributed by atoms with E-state index >= 15 is 0 Å². The minimum absolute atomic E-state index is 0.439. The van der Waals surface area contributed by atoms with Crippen LogP contribution in [0, 0.1) is 17.8 Å². The summed E-state index contributed by atoms with van der Waals surface area (Å²) in [5, 5.41) is 3.27. The Balaban J connectivity index is 1.66. The third-order valence-corrected chi connectivity index (χ3v) is 5.86. The van der Waals surface area contributed by atoms with E-state index in [1.807, 2.05) is 7.05 Å². The molecule has 1 N–H and O–H groups in total. The standard InChI is InChI=1S/C16H25N3/c1-17-3-2-15-10-18-11-19(15)16-7-12-4-13(8-16)6-14(5-12)9-16/h10-14,17H,2-9H2,1H3. The fourth-order valence-electron chi connectivity index (χ4n) is 5.55. The van der Waals surface area contributed by atoms with Gasteiger partial charge in [-0.05, 0) is 63.3 Å². The summed E-state index contributed by atoms with van der Waals surface area (Å²) in [6.45, 7) is 1.05. The van der Waals surface area contributed by atoms with Gasteiger partial charge in [-0.2, -0.15) is 0 Å². The summed E-state index contributed by atoms with van der Waals surface area (Å²) in [4.78, 5) is 4.47. The van der Waals surface area contributed by atoms with Crippen molar-refractivity contribution < 1.29 is 0 Å². The predicted molar refractivity (Wildman–Crippen MR) is 76.0 cm³/mol. The number of hydrogen-bond donors (Lipinski definition) is 1. The Morgan fingerprint density at radius 2 is 1.84 bits per heavy atom. The summed E-state index contributed by atoms with van der Waals surface area (Å²) in [7, 11) is 2.03. The second-order valence-corrected chi connectivity index (χ2v) is 7.25. The zero-order valence-corrected chi connectivity index (χ0v) is 11.9. The minimum atomic E-state index is 0.439. The van der Waals surface area contributed by atoms with Crippen molar-refractivity contribution in [2.75, 3.05) is 13.6 Å². The quantitative estimate of drug-likeness (QED) is 0.900. The minimum Gasteiger partial charge on any atom is -0.328 e. The Hall–Kier alpha value is -0.830. The lowest BCUT2D eigenvalue weighted by atomic mass is 9.53. The van der Waals surface area contributed by atoms with Gasteiger partial charge in [0.05, 0.1) is 6.33 Å². The van der Waals surface area contributed by atoms with Crippen LogP contribution in [0.2, 0.25) is 0 Å². The molecule has 0 saturated heterocycles. The predicted octanol–water partition coefficient (Wildman–Crippen LogP) is 2.57. The van der Waals surface area contributed by atoms with Crippen molar-refractivity contribution in [1.82, 2.24) is 14.9 Å². The highest BCUT2D eigenvalue weighted by atomic mass is 15.1. The van der Waals surface area contributed by atoms with E-state index in [-0.39, 0.29) is 0 Å². The lowest BCUT2D eigenvalue weighted by Crippen LogP contribution is -2.52. The Kier molecular flexibility index (Phi) is 2.73. The van der Waals surface area contributed by atoms with Gasteiger partial charge in [0.1, 0.15) is 0 Å². The highest BCUT2D eigenvalue weighted by Crippen LogP contribution is 2.58. The molecule has 4 bridgehead atoms. The Morgan fingerprint density at radius 1 is 1.21 bits per heavy atom. The maximum atomic E-state index is 4.47. The van der Waals surface area contributed by atoms with Gasteiger partial charge in [0.2, 0.25) is 0 Å². The molecule has 4 fully saturated rings. The van der Waals surface area contributed by atoms with E-state index in [1.54, 1.807) is 0 Å². The smallest absolute Gasteiger partial charge is 0.0953 e. The number of imidazole rings is 1. The van der Waals surface area contributed by atoms with Gasteiger partial charge in [0.15, 0.2) is 0 Å². The van der Waals surface area contributed by atoms with E-state index in [0.29, 0.717) is 5.54 Å². The van der Waals surface area contributed by atoms with Crippen LogP contribution in [0.4, 0.5) is 0 Å². The van der Waals surface area contributed by atoms with Crippen molar-refractivity contribution in [2.24, 2.45) is 17.8 Å². The Morgan fingerprint density at radius 3 is 2.42 bits per heavy atom. The molecular weight excluding hydrogens is 234 g/mol. The second-order valence-electron chi connectivity index (χ2n) is 7.25. The molecule has 0 spiro atoms. The Bertz CT molecular complexity index is 427. The van der Waals surface area contributed by atoms with E-state index in [2.05, 4.69) is 27.4 Å². The molecular formula is C16H25N3. The van der Waals surface area contributed by atoms with E-state index in [9.17, 15) is 0 Å². The molecule has 5 rings (SSSR count). The molecule has 0 aliphatic heterocycles. The van der Waals surface area contributed by atoms with Crippen LogP contribution in [0.3, 0.4) is 0 Å². The topological polar surface area (TPSA) is 29.9 Å². The molecule has 0 atom stereocenters. The molecule has 0 unspecified atom stereocenters. The summed E-state index contributed by atoms with van der Waals surface area (Å²) in [5.41, 5.74) is 1.88. The largest absolute Gasteiger partial charge is 0.328 e. The van der Waals surface area contributed by atoms with Crippen molar-refractivity contribution in [1.29, 1.82) is 0 Å². The summed E-state index contributed by atoms with van der Waals surface area (Å²) < 4.78 is 2.58. The zero-order chi connectivity index (χ0) is 12.9. The number of aromatic nitrogens is 2. The molecule has 1 heterocycles. The molecule has 1 aromatic heterocycles. The van der Waals surface area contributed by atoms with Gasteiger partial charge in [-0.1, -0.05) is 0 Å². The molecule has 4 aliphatic carbocycles. The van der Waals surface area contributed by atoms with Crippen molar-refractivity contribution in [2.45, 2.75) is 50.5 Å². The van der Waals surface area contributed by atoms with Crippen LogP contribution in [-0.2, 0) is 12.0 Å². The number of likely N-dealkylation sites (N-methyl/N-ethyl adjacent to an activating group) is 1. The Labute approximate surface area is 115 Å². The van der Waals surface area contributed by atoms with Crippen molar-refractivity contribution in [3.05, 3.63) is 18.2 Å². The van der Waals surface area contributed by atoms with Crippen LogP contribution in [0.5, 0.6) is 0 Å². The van der Waals surface area contributed by atoms with Crippen LogP contribution in [-0.4, -0.2) is 23.1 Å². The van der Waals surface area contributed by atoms with Crippen LogP contribution in [0.15, 0.2) is 12.5 Å². The molecule has 0 radical (unpaired) electrons. The fourth-order valence-corrected chi connectivity index (χ4v) is 5.55. The number of nitrogens with zero attached hydrogens (tertiary/aromatic N) is 2. The van der Waals surface area contributed by atoms with Gasteiger partial charge in [0, 0.05) is 30.4 Å². The van der Waals surface area contributed by atoms with Crippen LogP contribution in [0.1, 0.15) is 44.2 Å². The first-order valence-electron chi connectivity index (χ1n) is 7.95. The fraction of sp³-hybridized carbons (Fsp3) is 0.812. The van der Waals surface area contributed by atoms with E-state index < -0.39 is 0 Å². The number of nitrogens with one attached hydrogen (secondary N) is 1. The second kappa shape index (κ2) is 4.34. The van der Waals surface area contributed by atoms with Crippen molar-refractivity contribution in [3.8, 4) is 0 Å². The summed E-state index contributed by atoms with van der Waals surface area (Å²) in [5.74, 6) is 3.02. The average Bonchev–Trinajstić information content (AvgIpc) is 2.83. The van der Waals surface area contributed by atoms with E-state index in [1.165, 1.54) is 44.2 Å². The van der Waals surface area contributed by atoms with E-state index in [4.69, 9.17) is 0 Å². The monoisotopic (exact) mass is 259 g/mol. The van der Waals surface area contributed by atoms with E-state index in [0.717, 1.165) is 30.7 Å². The molecule has 1 aromatic rings. The molecule has 3 nitrogen and oxygen atoms in total.